The molecule has 0 fully saturated rings. The molecule has 0 unspecified atom stereocenters. The van der Waals surface area contributed by atoms with Crippen molar-refractivity contribution in [3.8, 4) is 0 Å². The Balaban J connectivity index is 2.64. The molecule has 0 bridgehead atoms. The second-order valence-electron chi connectivity index (χ2n) is 3.59. The zero-order chi connectivity index (χ0) is 11.1. The summed E-state index contributed by atoms with van der Waals surface area (Å²) in [5, 5.41) is 5.41. The van der Waals surface area contributed by atoms with Gasteiger partial charge in [0.1, 0.15) is 0 Å². The molecular formula is C14H6Cl2. The van der Waals surface area contributed by atoms with E-state index in [1.807, 2.05) is 30.3 Å². The van der Waals surface area contributed by atoms with Gasteiger partial charge in [0.15, 0.2) is 0 Å². The van der Waals surface area contributed by atoms with Gasteiger partial charge in [-0.3, -0.25) is 0 Å². The lowest BCUT2D eigenvalue weighted by atomic mass is 10.0. The third-order valence-corrected chi connectivity index (χ3v) is 3.28. The molecule has 0 amide bonds. The lowest BCUT2D eigenvalue weighted by Crippen LogP contribution is -1.80. The van der Waals surface area contributed by atoms with Crippen LogP contribution >= 0.6 is 23.2 Å². The van der Waals surface area contributed by atoms with E-state index in [4.69, 9.17) is 23.2 Å². The maximum Gasteiger partial charge on any atom is 0.0564 e. The van der Waals surface area contributed by atoms with E-state index in [1.165, 1.54) is 0 Å². The van der Waals surface area contributed by atoms with Gasteiger partial charge in [-0.05, 0) is 29.0 Å². The van der Waals surface area contributed by atoms with E-state index >= 15 is 0 Å². The van der Waals surface area contributed by atoms with Gasteiger partial charge in [0.25, 0.3) is 0 Å². The lowest BCUT2D eigenvalue weighted by molar-refractivity contribution is 1.74. The van der Waals surface area contributed by atoms with Crippen LogP contribution in [0.1, 0.15) is 0 Å². The van der Waals surface area contributed by atoms with Crippen LogP contribution in [-0.2, 0) is 0 Å². The van der Waals surface area contributed by atoms with Crippen molar-refractivity contribution in [1.29, 1.82) is 0 Å². The Labute approximate surface area is 103 Å². The van der Waals surface area contributed by atoms with Gasteiger partial charge in [0, 0.05) is 21.9 Å². The van der Waals surface area contributed by atoms with Crippen LogP contribution in [0.2, 0.25) is 10.0 Å². The molecule has 16 heavy (non-hydrogen) atoms. The first kappa shape index (κ1) is 9.95. The number of hydrogen-bond donors (Lipinski definition) is 0. The highest BCUT2D eigenvalue weighted by atomic mass is 35.5. The number of benzene rings is 3. The van der Waals surface area contributed by atoms with E-state index < -0.39 is 0 Å². The predicted octanol–water partition coefficient (Wildman–Crippen LogP) is 4.90. The zero-order valence-electron chi connectivity index (χ0n) is 8.22. The van der Waals surface area contributed by atoms with Crippen LogP contribution in [0.15, 0.2) is 36.4 Å². The monoisotopic (exact) mass is 244 g/mol. The standard InChI is InChI=1S/C14H6Cl2/c15-12-7-8-13(16)14-10-4-2-1-3-9(10)5-6-11(12)14/h2-6,8H. The number of hydrogen-bond acceptors (Lipinski definition) is 0. The first-order valence-corrected chi connectivity index (χ1v) is 5.61. The second-order valence-corrected chi connectivity index (χ2v) is 4.37. The van der Waals surface area contributed by atoms with Gasteiger partial charge in [0.05, 0.1) is 5.02 Å². The Bertz CT molecular complexity index is 687. The lowest BCUT2D eigenvalue weighted by Gasteiger charge is -2.06. The summed E-state index contributed by atoms with van der Waals surface area (Å²) in [4.78, 5) is 0. The summed E-state index contributed by atoms with van der Waals surface area (Å²) in [6.45, 7) is 0. The Hall–Kier alpha value is -1.24. The molecule has 0 aliphatic carbocycles. The fraction of sp³-hybridized carbons (Fsp3) is 0. The highest BCUT2D eigenvalue weighted by Crippen LogP contribution is 2.34. The molecule has 0 heterocycles. The summed E-state index contributed by atoms with van der Waals surface area (Å²) in [5.41, 5.74) is 0. The van der Waals surface area contributed by atoms with Crippen molar-refractivity contribution in [3.63, 3.8) is 0 Å². The zero-order valence-corrected chi connectivity index (χ0v) is 9.73. The second kappa shape index (κ2) is 3.65. The van der Waals surface area contributed by atoms with E-state index in [9.17, 15) is 0 Å². The van der Waals surface area contributed by atoms with E-state index in [0.29, 0.717) is 10.0 Å². The molecule has 0 aromatic heterocycles. The van der Waals surface area contributed by atoms with Crippen molar-refractivity contribution >= 4 is 44.7 Å². The van der Waals surface area contributed by atoms with Crippen molar-refractivity contribution in [1.82, 2.24) is 0 Å². The van der Waals surface area contributed by atoms with Gasteiger partial charge in [-0.1, -0.05) is 47.5 Å². The molecule has 0 aliphatic rings. The third-order valence-electron chi connectivity index (χ3n) is 2.67. The van der Waals surface area contributed by atoms with Gasteiger partial charge in [0.2, 0.25) is 0 Å². The summed E-state index contributed by atoms with van der Waals surface area (Å²) < 4.78 is 0. The molecule has 0 nitrogen and oxygen atoms in total. The quantitative estimate of drug-likeness (QED) is 0.494. The Kier molecular flexibility index (Phi) is 2.27. The van der Waals surface area contributed by atoms with Gasteiger partial charge in [-0.2, -0.15) is 0 Å². The SMILES string of the molecule is Clc1[c]cc(Cl)c2c1ccc1c[c]ccc12. The summed E-state index contributed by atoms with van der Waals surface area (Å²) in [5.74, 6) is 0. The van der Waals surface area contributed by atoms with Crippen molar-refractivity contribution in [2.75, 3.05) is 0 Å². The molecule has 0 N–H and O–H groups in total. The fourth-order valence-electron chi connectivity index (χ4n) is 1.93. The molecule has 0 spiro atoms. The molecule has 0 atom stereocenters. The van der Waals surface area contributed by atoms with Crippen molar-refractivity contribution in [2.45, 2.75) is 0 Å². The van der Waals surface area contributed by atoms with Crippen molar-refractivity contribution < 1.29 is 0 Å². The Morgan fingerprint density at radius 3 is 2.69 bits per heavy atom. The molecule has 3 aromatic rings. The van der Waals surface area contributed by atoms with Gasteiger partial charge >= 0.3 is 0 Å². The molecule has 2 radical (unpaired) electrons. The van der Waals surface area contributed by atoms with Crippen LogP contribution in [0.25, 0.3) is 21.5 Å². The minimum Gasteiger partial charge on any atom is -0.0836 e. The van der Waals surface area contributed by atoms with Crippen LogP contribution in [0.4, 0.5) is 0 Å². The van der Waals surface area contributed by atoms with Gasteiger partial charge in [-0.25, -0.2) is 0 Å². The number of halogens is 2. The largest absolute Gasteiger partial charge is 0.0836 e. The van der Waals surface area contributed by atoms with Crippen LogP contribution in [0, 0.1) is 12.1 Å². The molecule has 0 saturated heterocycles. The van der Waals surface area contributed by atoms with Gasteiger partial charge in [-0.15, -0.1) is 0 Å². The highest BCUT2D eigenvalue weighted by molar-refractivity contribution is 6.42. The van der Waals surface area contributed by atoms with Crippen LogP contribution in [-0.4, -0.2) is 0 Å². The smallest absolute Gasteiger partial charge is 0.0564 e. The van der Waals surface area contributed by atoms with Gasteiger partial charge < -0.3 is 0 Å². The summed E-state index contributed by atoms with van der Waals surface area (Å²) >= 11 is 12.3. The minimum atomic E-state index is 0.606. The van der Waals surface area contributed by atoms with Crippen LogP contribution in [0.5, 0.6) is 0 Å². The first-order valence-electron chi connectivity index (χ1n) is 4.85. The summed E-state index contributed by atoms with van der Waals surface area (Å²) in [6.07, 6.45) is 0. The van der Waals surface area contributed by atoms with E-state index in [-0.39, 0.29) is 0 Å². The molecular weight excluding hydrogens is 239 g/mol. The molecule has 2 heteroatoms. The van der Waals surface area contributed by atoms with Crippen molar-refractivity contribution in [3.05, 3.63) is 58.6 Å². The third kappa shape index (κ3) is 1.38. The maximum atomic E-state index is 6.21. The minimum absolute atomic E-state index is 0.606. The summed E-state index contributed by atoms with van der Waals surface area (Å²) in [7, 11) is 0. The fourth-order valence-corrected chi connectivity index (χ4v) is 2.40. The molecule has 0 aliphatic heterocycles. The number of fused-ring (bicyclic) bond motifs is 3. The van der Waals surface area contributed by atoms with Crippen molar-refractivity contribution in [2.24, 2.45) is 0 Å². The predicted molar refractivity (Wildman–Crippen MR) is 69.1 cm³/mol. The molecule has 76 valence electrons. The van der Waals surface area contributed by atoms with Crippen LogP contribution in [0.3, 0.4) is 0 Å². The summed E-state index contributed by atoms with van der Waals surface area (Å²) in [6, 6.07) is 17.5. The Morgan fingerprint density at radius 2 is 1.81 bits per heavy atom. The topological polar surface area (TPSA) is 0 Å². The molecule has 3 aromatic carbocycles. The first-order chi connectivity index (χ1) is 7.77. The van der Waals surface area contributed by atoms with E-state index in [2.05, 4.69) is 12.1 Å². The highest BCUT2D eigenvalue weighted by Gasteiger charge is 2.07. The number of rotatable bonds is 0. The van der Waals surface area contributed by atoms with E-state index in [1.54, 1.807) is 6.07 Å². The molecule has 0 saturated carbocycles. The van der Waals surface area contributed by atoms with E-state index in [0.717, 1.165) is 21.5 Å². The van der Waals surface area contributed by atoms with Crippen LogP contribution < -0.4 is 0 Å². The molecule has 3 rings (SSSR count). The average molecular weight is 245 g/mol. The maximum absolute atomic E-state index is 6.21. The normalized spacial score (nSPS) is 11.1. The average Bonchev–Trinajstić information content (AvgIpc) is 2.33. The Morgan fingerprint density at radius 1 is 0.938 bits per heavy atom.